The molecule has 6 unspecified atom stereocenters. The van der Waals surface area contributed by atoms with E-state index < -0.39 is 30.2 Å². The lowest BCUT2D eigenvalue weighted by Gasteiger charge is -2.41. The van der Waals surface area contributed by atoms with Gasteiger partial charge in [-0.2, -0.15) is 0 Å². The molecule has 2 bridgehead atoms. The third-order valence-corrected chi connectivity index (χ3v) is 10.8. The minimum Gasteiger partial charge on any atom is -0.469 e. The predicted octanol–water partition coefficient (Wildman–Crippen LogP) is 2.70. The lowest BCUT2D eigenvalue weighted by atomic mass is 9.89. The Labute approximate surface area is 264 Å². The smallest absolute Gasteiger partial charge is 0.311 e. The van der Waals surface area contributed by atoms with E-state index >= 15 is 0 Å². The molecule has 0 spiro atoms. The third kappa shape index (κ3) is 7.58. The number of carbonyl (C=O) groups is 4. The first-order valence-electron chi connectivity index (χ1n) is 16.5. The molecule has 1 aliphatic carbocycles. The first-order chi connectivity index (χ1) is 20.8. The standard InChI is InChI=1S/C33H58N4O7/c1-11-20(4)28(25(42-8)18-26(38)37-16-12-13-24(37)30(43-9)21(5)33(41)44-10)36(7)32(40)27(19(2)3)34-31(39)29-22-14-15-23(17-22)35(29)6/h19-25,27-30H,11-18H2,1-10H3,(H,34,39)/t20?,21?,22-,23+,24-,25?,27?,28?,29-,30?/m0/s1. The largest absolute Gasteiger partial charge is 0.469 e. The van der Waals surface area contributed by atoms with Gasteiger partial charge in [-0.25, -0.2) is 0 Å². The molecule has 0 aromatic carbocycles. The van der Waals surface area contributed by atoms with Crippen molar-refractivity contribution in [3.05, 3.63) is 0 Å². The molecule has 44 heavy (non-hydrogen) atoms. The average Bonchev–Trinajstić information content (AvgIpc) is 3.75. The maximum atomic E-state index is 14.1. The number of amides is 3. The molecule has 3 amide bonds. The summed E-state index contributed by atoms with van der Waals surface area (Å²) in [4.78, 5) is 59.5. The summed E-state index contributed by atoms with van der Waals surface area (Å²) in [5.41, 5.74) is 0. The van der Waals surface area contributed by atoms with Gasteiger partial charge in [0.25, 0.3) is 0 Å². The molecule has 1 N–H and O–H groups in total. The van der Waals surface area contributed by atoms with Gasteiger partial charge in [0.15, 0.2) is 0 Å². The fourth-order valence-electron chi connectivity index (χ4n) is 8.06. The van der Waals surface area contributed by atoms with E-state index in [4.69, 9.17) is 14.2 Å². The Hall–Kier alpha value is -2.24. The highest BCUT2D eigenvalue weighted by molar-refractivity contribution is 5.90. The second-order valence-electron chi connectivity index (χ2n) is 13.7. The highest BCUT2D eigenvalue weighted by Crippen LogP contribution is 2.41. The van der Waals surface area contributed by atoms with E-state index in [1.165, 1.54) is 7.11 Å². The summed E-state index contributed by atoms with van der Waals surface area (Å²) in [5.74, 6) is -1.00. The van der Waals surface area contributed by atoms with Gasteiger partial charge >= 0.3 is 5.97 Å². The number of carbonyl (C=O) groups excluding carboxylic acids is 4. The molecule has 2 heterocycles. The number of methoxy groups -OCH3 is 3. The molecule has 0 aromatic heterocycles. The number of nitrogens with zero attached hydrogens (tertiary/aromatic N) is 3. The van der Waals surface area contributed by atoms with E-state index in [1.54, 1.807) is 38.0 Å². The van der Waals surface area contributed by atoms with E-state index in [2.05, 4.69) is 24.1 Å². The quantitative estimate of drug-likeness (QED) is 0.277. The van der Waals surface area contributed by atoms with Crippen molar-refractivity contribution in [1.29, 1.82) is 0 Å². The zero-order valence-electron chi connectivity index (χ0n) is 28.7. The number of hydrogen-bond donors (Lipinski definition) is 1. The van der Waals surface area contributed by atoms with Crippen molar-refractivity contribution in [2.24, 2.45) is 23.7 Å². The van der Waals surface area contributed by atoms with Gasteiger partial charge in [0.05, 0.1) is 49.8 Å². The SMILES string of the molecule is CCC(C)C(C(CC(=O)N1CCC[C@H]1C(OC)C(C)C(=O)OC)OC)N(C)C(=O)C(NC(=O)[C@@H]1[C@H]2CC[C@H](C2)N1C)C(C)C. The van der Waals surface area contributed by atoms with Crippen LogP contribution in [-0.2, 0) is 33.4 Å². The van der Waals surface area contributed by atoms with Gasteiger partial charge in [-0.15, -0.1) is 0 Å². The van der Waals surface area contributed by atoms with Crippen LogP contribution in [0.2, 0.25) is 0 Å². The first kappa shape index (κ1) is 36.2. The van der Waals surface area contributed by atoms with Crippen molar-refractivity contribution in [2.75, 3.05) is 42.0 Å². The molecular formula is C33H58N4O7. The van der Waals surface area contributed by atoms with Crippen molar-refractivity contribution in [3.8, 4) is 0 Å². The predicted molar refractivity (Wildman–Crippen MR) is 168 cm³/mol. The molecule has 11 nitrogen and oxygen atoms in total. The van der Waals surface area contributed by atoms with Gasteiger partial charge in [-0.05, 0) is 63.8 Å². The Bertz CT molecular complexity index is 1010. The van der Waals surface area contributed by atoms with Crippen LogP contribution in [0.25, 0.3) is 0 Å². The zero-order chi connectivity index (χ0) is 32.9. The van der Waals surface area contributed by atoms with Crippen LogP contribution in [-0.4, -0.2) is 123 Å². The van der Waals surface area contributed by atoms with Crippen molar-refractivity contribution in [1.82, 2.24) is 20.0 Å². The maximum absolute atomic E-state index is 14.1. The molecular weight excluding hydrogens is 564 g/mol. The Kier molecular flexibility index (Phi) is 13.1. The summed E-state index contributed by atoms with van der Waals surface area (Å²) in [6.45, 7) is 10.4. The van der Waals surface area contributed by atoms with Crippen molar-refractivity contribution >= 4 is 23.7 Å². The fourth-order valence-corrected chi connectivity index (χ4v) is 8.06. The van der Waals surface area contributed by atoms with Crippen LogP contribution in [0, 0.1) is 23.7 Å². The van der Waals surface area contributed by atoms with E-state index in [1.807, 2.05) is 20.9 Å². The van der Waals surface area contributed by atoms with E-state index in [0.29, 0.717) is 18.5 Å². The van der Waals surface area contributed by atoms with Crippen LogP contribution in [0.1, 0.15) is 79.6 Å². The normalized spacial score (nSPS) is 27.5. The molecule has 0 aromatic rings. The number of rotatable bonds is 15. The molecule has 3 fully saturated rings. The maximum Gasteiger partial charge on any atom is 0.311 e. The van der Waals surface area contributed by atoms with Crippen LogP contribution >= 0.6 is 0 Å². The molecule has 10 atom stereocenters. The Morgan fingerprint density at radius 2 is 1.68 bits per heavy atom. The number of ether oxygens (including phenoxy) is 3. The zero-order valence-corrected chi connectivity index (χ0v) is 28.7. The number of nitrogens with one attached hydrogen (secondary N) is 1. The summed E-state index contributed by atoms with van der Waals surface area (Å²) in [6, 6.07) is -1.10. The minimum absolute atomic E-state index is 0.0300. The monoisotopic (exact) mass is 622 g/mol. The third-order valence-electron chi connectivity index (χ3n) is 10.8. The van der Waals surface area contributed by atoms with Gasteiger partial charge in [-0.1, -0.05) is 34.1 Å². The van der Waals surface area contributed by atoms with Crippen molar-refractivity contribution < 1.29 is 33.4 Å². The lowest BCUT2D eigenvalue weighted by Crippen LogP contribution is -2.60. The molecule has 3 aliphatic rings. The summed E-state index contributed by atoms with van der Waals surface area (Å²) < 4.78 is 16.6. The number of esters is 1. The van der Waals surface area contributed by atoms with Crippen LogP contribution in [0.5, 0.6) is 0 Å². The number of likely N-dealkylation sites (N-methyl/N-ethyl adjacent to an activating group) is 2. The average molecular weight is 623 g/mol. The van der Waals surface area contributed by atoms with Gasteiger partial charge in [0.2, 0.25) is 17.7 Å². The number of piperidine rings is 1. The number of likely N-dealkylation sites (tertiary alicyclic amines) is 2. The van der Waals surface area contributed by atoms with Crippen LogP contribution in [0.4, 0.5) is 0 Å². The van der Waals surface area contributed by atoms with E-state index in [0.717, 1.165) is 38.5 Å². The first-order valence-corrected chi connectivity index (χ1v) is 16.5. The number of hydrogen-bond acceptors (Lipinski definition) is 8. The second kappa shape index (κ2) is 15.9. The Morgan fingerprint density at radius 1 is 1.00 bits per heavy atom. The molecule has 252 valence electrons. The Morgan fingerprint density at radius 3 is 2.20 bits per heavy atom. The topological polar surface area (TPSA) is 118 Å². The van der Waals surface area contributed by atoms with E-state index in [-0.39, 0.29) is 54.0 Å². The molecule has 2 saturated heterocycles. The highest BCUT2D eigenvalue weighted by atomic mass is 16.5. The van der Waals surface area contributed by atoms with Gasteiger partial charge in [-0.3, -0.25) is 24.1 Å². The fraction of sp³-hybridized carbons (Fsp3) is 0.879. The Balaban J connectivity index is 1.77. The molecule has 1 saturated carbocycles. The van der Waals surface area contributed by atoms with E-state index in [9.17, 15) is 19.2 Å². The molecule has 2 aliphatic heterocycles. The van der Waals surface area contributed by atoms with Crippen LogP contribution < -0.4 is 5.32 Å². The van der Waals surface area contributed by atoms with Crippen LogP contribution in [0.3, 0.4) is 0 Å². The van der Waals surface area contributed by atoms with Crippen molar-refractivity contribution in [3.63, 3.8) is 0 Å². The highest BCUT2D eigenvalue weighted by Gasteiger charge is 2.48. The summed E-state index contributed by atoms with van der Waals surface area (Å²) >= 11 is 0. The second-order valence-corrected chi connectivity index (χ2v) is 13.7. The molecule has 3 rings (SSSR count). The van der Waals surface area contributed by atoms with Gasteiger partial charge in [0.1, 0.15) is 6.04 Å². The minimum atomic E-state index is -0.690. The summed E-state index contributed by atoms with van der Waals surface area (Å²) in [7, 11) is 8.27. The van der Waals surface area contributed by atoms with Crippen LogP contribution in [0.15, 0.2) is 0 Å². The van der Waals surface area contributed by atoms with Crippen molar-refractivity contribution in [2.45, 2.75) is 122 Å². The van der Waals surface area contributed by atoms with Gasteiger partial charge in [0, 0.05) is 33.9 Å². The lowest BCUT2D eigenvalue weighted by molar-refractivity contribution is -0.154. The summed E-state index contributed by atoms with van der Waals surface area (Å²) in [5, 5.41) is 3.12. The molecule has 11 heteroatoms. The summed E-state index contributed by atoms with van der Waals surface area (Å²) in [6.07, 6.45) is 4.56. The number of fused-ring (bicyclic) bond motifs is 2. The van der Waals surface area contributed by atoms with Gasteiger partial charge < -0.3 is 29.3 Å². The molecule has 0 radical (unpaired) electrons.